The van der Waals surface area contributed by atoms with Crippen LogP contribution in [0.2, 0.25) is 0 Å². The van der Waals surface area contributed by atoms with Crippen molar-refractivity contribution < 1.29 is 28.6 Å². The lowest BCUT2D eigenvalue weighted by molar-refractivity contribution is -0.116. The molecule has 14 heteroatoms. The summed E-state index contributed by atoms with van der Waals surface area (Å²) in [6, 6.07) is 5.79. The number of ketones is 2. The van der Waals surface area contributed by atoms with Crippen LogP contribution in [0.3, 0.4) is 0 Å². The highest BCUT2D eigenvalue weighted by atomic mass is 16.5. The molecule has 3 aromatic heterocycles. The Labute approximate surface area is 266 Å². The molecule has 0 saturated carbocycles. The molecule has 7 rings (SSSR count). The SMILES string of the molecule is COc1cc2nc(CCn3c(=O)n4n(c3=O)[C@@H]3CC5=C(C(=O)C=C(C)C5=O)[C@@H](c5ccc(CO)o5)C3=CC4)c(=O)n(C)c2cc1OC. The number of benzene rings is 1. The summed E-state index contributed by atoms with van der Waals surface area (Å²) >= 11 is 0. The van der Waals surface area contributed by atoms with Gasteiger partial charge in [-0.05, 0) is 30.7 Å². The maximum absolute atomic E-state index is 14.0. The van der Waals surface area contributed by atoms with Crippen LogP contribution in [0.1, 0.15) is 42.5 Å². The summed E-state index contributed by atoms with van der Waals surface area (Å²) in [7, 11) is 4.59. The highest BCUT2D eigenvalue weighted by Gasteiger charge is 2.45. The summed E-state index contributed by atoms with van der Waals surface area (Å²) in [5, 5.41) is 9.63. The van der Waals surface area contributed by atoms with Crippen molar-refractivity contribution >= 4 is 22.6 Å². The van der Waals surface area contributed by atoms with Crippen molar-refractivity contribution in [2.75, 3.05) is 14.2 Å². The summed E-state index contributed by atoms with van der Waals surface area (Å²) < 4.78 is 21.7. The zero-order valence-corrected chi connectivity index (χ0v) is 26.1. The number of allylic oxidation sites excluding steroid dienone is 6. The first kappa shape index (κ1) is 30.2. The highest BCUT2D eigenvalue weighted by molar-refractivity contribution is 6.23. The predicted molar refractivity (Wildman–Crippen MR) is 167 cm³/mol. The Morgan fingerprint density at radius 3 is 2.49 bits per heavy atom. The quantitative estimate of drug-likeness (QED) is 0.230. The van der Waals surface area contributed by atoms with Gasteiger partial charge in [-0.25, -0.2) is 28.5 Å². The fourth-order valence-electron chi connectivity index (χ4n) is 6.94. The topological polar surface area (TPSA) is 170 Å². The molecule has 0 spiro atoms. The van der Waals surface area contributed by atoms with E-state index < -0.39 is 23.3 Å². The summed E-state index contributed by atoms with van der Waals surface area (Å²) in [6.07, 6.45) is 3.12. The predicted octanol–water partition coefficient (Wildman–Crippen LogP) is 1.47. The van der Waals surface area contributed by atoms with E-state index >= 15 is 0 Å². The molecule has 0 amide bonds. The van der Waals surface area contributed by atoms with E-state index in [9.17, 15) is 29.1 Å². The second-order valence-electron chi connectivity index (χ2n) is 11.7. The molecule has 242 valence electrons. The Morgan fingerprint density at radius 2 is 1.79 bits per heavy atom. The average Bonchev–Trinajstić information content (AvgIpc) is 3.65. The number of fused-ring (bicyclic) bond motifs is 4. The van der Waals surface area contributed by atoms with E-state index in [-0.39, 0.29) is 77.8 Å². The molecule has 4 aromatic rings. The van der Waals surface area contributed by atoms with E-state index in [0.717, 1.165) is 4.57 Å². The van der Waals surface area contributed by atoms with E-state index in [1.54, 1.807) is 44.3 Å². The molecule has 0 radical (unpaired) electrons. The van der Waals surface area contributed by atoms with E-state index in [1.165, 1.54) is 34.2 Å². The van der Waals surface area contributed by atoms with Gasteiger partial charge in [0.1, 0.15) is 23.8 Å². The van der Waals surface area contributed by atoms with E-state index in [4.69, 9.17) is 13.9 Å². The Bertz CT molecular complexity index is 2310. The lowest BCUT2D eigenvalue weighted by Gasteiger charge is -2.38. The third-order valence-corrected chi connectivity index (χ3v) is 9.25. The summed E-state index contributed by atoms with van der Waals surface area (Å²) in [5.41, 5.74) is 1.05. The fraction of sp³-hybridized carbons (Fsp3) is 0.333. The van der Waals surface area contributed by atoms with E-state index in [0.29, 0.717) is 33.9 Å². The third kappa shape index (κ3) is 4.50. The van der Waals surface area contributed by atoms with Crippen molar-refractivity contribution in [1.29, 1.82) is 0 Å². The highest BCUT2D eigenvalue weighted by Crippen LogP contribution is 2.49. The van der Waals surface area contributed by atoms with Gasteiger partial charge in [-0.2, -0.15) is 0 Å². The monoisotopic (exact) mass is 641 g/mol. The number of carbonyl (C=O) groups is 2. The number of hydrogen-bond donors (Lipinski definition) is 1. The fourth-order valence-corrected chi connectivity index (χ4v) is 6.94. The van der Waals surface area contributed by atoms with Gasteiger partial charge in [0.15, 0.2) is 23.1 Å². The van der Waals surface area contributed by atoms with Gasteiger partial charge in [-0.15, -0.1) is 0 Å². The van der Waals surface area contributed by atoms with Crippen LogP contribution < -0.4 is 26.4 Å². The largest absolute Gasteiger partial charge is 0.493 e. The van der Waals surface area contributed by atoms with E-state index in [1.807, 2.05) is 0 Å². The number of hydrogen-bond acceptors (Lipinski definition) is 10. The van der Waals surface area contributed by atoms with Gasteiger partial charge in [-0.3, -0.25) is 14.4 Å². The molecule has 1 aromatic carbocycles. The maximum Gasteiger partial charge on any atom is 0.347 e. The number of carbonyl (C=O) groups excluding carboxylic acids is 2. The molecule has 3 aliphatic rings. The molecule has 1 N–H and O–H groups in total. The van der Waals surface area contributed by atoms with Gasteiger partial charge in [0.2, 0.25) is 0 Å². The molecule has 2 atom stereocenters. The van der Waals surface area contributed by atoms with Crippen LogP contribution in [0.5, 0.6) is 11.5 Å². The Hall–Kier alpha value is -5.50. The van der Waals surface area contributed by atoms with Gasteiger partial charge in [0.25, 0.3) is 5.56 Å². The number of aromatic nitrogens is 5. The lowest BCUT2D eigenvalue weighted by atomic mass is 9.69. The van der Waals surface area contributed by atoms with Gasteiger partial charge < -0.3 is 23.6 Å². The lowest BCUT2D eigenvalue weighted by Crippen LogP contribution is -2.40. The second kappa shape index (κ2) is 11.1. The average molecular weight is 642 g/mol. The maximum atomic E-state index is 14.0. The minimum Gasteiger partial charge on any atom is -0.493 e. The molecule has 4 heterocycles. The van der Waals surface area contributed by atoms with Crippen LogP contribution in [-0.2, 0) is 42.8 Å². The summed E-state index contributed by atoms with van der Waals surface area (Å²) in [4.78, 5) is 72.2. The third-order valence-electron chi connectivity index (χ3n) is 9.25. The van der Waals surface area contributed by atoms with Crippen molar-refractivity contribution in [1.82, 2.24) is 23.5 Å². The zero-order chi connectivity index (χ0) is 33.3. The van der Waals surface area contributed by atoms with E-state index in [2.05, 4.69) is 4.98 Å². The van der Waals surface area contributed by atoms with Crippen molar-refractivity contribution in [3.63, 3.8) is 0 Å². The second-order valence-corrected chi connectivity index (χ2v) is 11.7. The minimum absolute atomic E-state index is 0.00763. The number of aryl methyl sites for hydroxylation is 2. The number of aliphatic hydroxyl groups excluding tert-OH is 1. The number of methoxy groups -OCH3 is 2. The molecule has 47 heavy (non-hydrogen) atoms. The molecular weight excluding hydrogens is 610 g/mol. The zero-order valence-electron chi connectivity index (χ0n) is 26.1. The van der Waals surface area contributed by atoms with Crippen LogP contribution in [0.15, 0.2) is 77.5 Å². The first-order valence-corrected chi connectivity index (χ1v) is 15.0. The van der Waals surface area contributed by atoms with Crippen molar-refractivity contribution in [2.45, 2.75) is 51.4 Å². The number of furan rings is 1. The van der Waals surface area contributed by atoms with Crippen molar-refractivity contribution in [2.24, 2.45) is 7.05 Å². The van der Waals surface area contributed by atoms with Crippen LogP contribution in [0.4, 0.5) is 0 Å². The van der Waals surface area contributed by atoms with Gasteiger partial charge in [0.05, 0.1) is 43.8 Å². The van der Waals surface area contributed by atoms with Gasteiger partial charge in [0, 0.05) is 55.3 Å². The molecule has 14 nitrogen and oxygen atoms in total. The summed E-state index contributed by atoms with van der Waals surface area (Å²) in [6.45, 7) is 1.13. The van der Waals surface area contributed by atoms with Crippen LogP contribution >= 0.6 is 0 Å². The first-order chi connectivity index (χ1) is 22.6. The first-order valence-electron chi connectivity index (χ1n) is 15.0. The molecule has 0 fully saturated rings. The van der Waals surface area contributed by atoms with Gasteiger partial charge >= 0.3 is 11.4 Å². The Kier molecular flexibility index (Phi) is 7.12. The molecule has 2 aliphatic carbocycles. The number of ether oxygens (including phenoxy) is 2. The molecule has 0 bridgehead atoms. The molecule has 0 saturated heterocycles. The van der Waals surface area contributed by atoms with Crippen molar-refractivity contribution in [3.8, 4) is 11.5 Å². The van der Waals surface area contributed by atoms with Crippen LogP contribution in [0, 0.1) is 0 Å². The van der Waals surface area contributed by atoms with Crippen LogP contribution in [-0.4, -0.2) is 54.4 Å². The smallest absolute Gasteiger partial charge is 0.347 e. The Balaban J connectivity index is 1.28. The molecule has 0 unspecified atom stereocenters. The minimum atomic E-state index is -0.788. The standard InChI is InChI=1S/C33H31N5O9/c1-16-11-24(40)28-19(30(16)41)12-22-18(29(28)25-6-5-17(15-39)47-25)7-10-37-32(43)36(33(44)38(22)37)9-8-20-31(42)35(2)23-14-27(46-4)26(45-3)13-21(23)34-20/h5-7,11,13-14,22,29,39H,8-10,12,15H2,1-4H3/t22-,29-/m1/s1. The number of aliphatic hydroxyl groups is 1. The normalized spacial score (nSPS) is 18.9. The number of nitrogens with zero attached hydrogens (tertiary/aromatic N) is 5. The number of Topliss-reactive ketones (excluding diaryl/α,β-unsaturated/α-hetero) is 1. The van der Waals surface area contributed by atoms with Crippen molar-refractivity contribution in [3.05, 3.63) is 107 Å². The summed E-state index contributed by atoms with van der Waals surface area (Å²) in [5.74, 6) is 0.0921. The molecular formula is C33H31N5O9. The number of rotatable bonds is 7. The van der Waals surface area contributed by atoms with Gasteiger partial charge in [-0.1, -0.05) is 6.08 Å². The molecule has 1 aliphatic heterocycles. The Morgan fingerprint density at radius 1 is 1.04 bits per heavy atom. The van der Waals surface area contributed by atoms with Crippen LogP contribution in [0.25, 0.3) is 11.0 Å².